The zero-order chi connectivity index (χ0) is 12.4. The molecule has 2 aromatic heterocycles. The van der Waals surface area contributed by atoms with Crippen molar-refractivity contribution in [2.24, 2.45) is 0 Å². The van der Waals surface area contributed by atoms with Gasteiger partial charge in [-0.2, -0.15) is 0 Å². The Morgan fingerprint density at radius 1 is 0.944 bits per heavy atom. The number of fused-ring (bicyclic) bond motifs is 1. The molecule has 2 heterocycles. The zero-order valence-electron chi connectivity index (χ0n) is 9.58. The number of benzene rings is 1. The predicted octanol–water partition coefficient (Wildman–Crippen LogP) is 3.36. The highest BCUT2D eigenvalue weighted by molar-refractivity contribution is 7.99. The van der Waals surface area contributed by atoms with Gasteiger partial charge in [0.1, 0.15) is 0 Å². The molecule has 0 saturated carbocycles. The molecule has 3 nitrogen and oxygen atoms in total. The smallest absolute Gasteiger partial charge is 0.0942 e. The molecule has 0 amide bonds. The van der Waals surface area contributed by atoms with Gasteiger partial charge < -0.3 is 5.73 Å². The van der Waals surface area contributed by atoms with Crippen molar-refractivity contribution in [3.05, 3.63) is 55.0 Å². The van der Waals surface area contributed by atoms with Gasteiger partial charge in [0.2, 0.25) is 0 Å². The van der Waals surface area contributed by atoms with E-state index in [0.29, 0.717) is 5.69 Å². The normalized spacial score (nSPS) is 10.7. The highest BCUT2D eigenvalue weighted by atomic mass is 32.2. The number of hydrogen-bond donors (Lipinski definition) is 1. The van der Waals surface area contributed by atoms with Crippen LogP contribution in [0.5, 0.6) is 0 Å². The van der Waals surface area contributed by atoms with Crippen molar-refractivity contribution in [1.29, 1.82) is 0 Å². The Bertz CT molecular complexity index is 683. The maximum absolute atomic E-state index is 5.94. The number of nitrogens with two attached hydrogens (primary N) is 1. The molecule has 0 radical (unpaired) electrons. The van der Waals surface area contributed by atoms with E-state index in [1.807, 2.05) is 36.4 Å². The Kier molecular flexibility index (Phi) is 2.86. The second-order valence-electron chi connectivity index (χ2n) is 3.84. The van der Waals surface area contributed by atoms with Crippen LogP contribution in [-0.4, -0.2) is 9.97 Å². The number of nitrogen functional groups attached to an aromatic ring is 1. The second-order valence-corrected chi connectivity index (χ2v) is 4.95. The Hall–Kier alpha value is -2.07. The lowest BCUT2D eigenvalue weighted by Gasteiger charge is -2.07. The van der Waals surface area contributed by atoms with Gasteiger partial charge in [-0.3, -0.25) is 9.97 Å². The quantitative estimate of drug-likeness (QED) is 0.711. The van der Waals surface area contributed by atoms with E-state index in [-0.39, 0.29) is 0 Å². The van der Waals surface area contributed by atoms with E-state index in [1.165, 1.54) is 0 Å². The first-order valence-electron chi connectivity index (χ1n) is 5.56. The van der Waals surface area contributed by atoms with Crippen LogP contribution in [0.4, 0.5) is 5.69 Å². The van der Waals surface area contributed by atoms with E-state index < -0.39 is 0 Å². The number of pyridine rings is 2. The van der Waals surface area contributed by atoms with Gasteiger partial charge in [-0.15, -0.1) is 0 Å². The minimum absolute atomic E-state index is 0.713. The molecule has 0 spiro atoms. The molecule has 0 aliphatic carbocycles. The second kappa shape index (κ2) is 4.66. The molecule has 0 bridgehead atoms. The Morgan fingerprint density at radius 2 is 1.78 bits per heavy atom. The van der Waals surface area contributed by atoms with Crippen LogP contribution in [0.25, 0.3) is 10.9 Å². The molecular weight excluding hydrogens is 242 g/mol. The molecule has 0 unspecified atom stereocenters. The summed E-state index contributed by atoms with van der Waals surface area (Å²) in [5.41, 5.74) is 7.51. The van der Waals surface area contributed by atoms with Crippen molar-refractivity contribution < 1.29 is 0 Å². The van der Waals surface area contributed by atoms with E-state index in [4.69, 9.17) is 5.73 Å². The molecule has 0 saturated heterocycles. The monoisotopic (exact) mass is 253 g/mol. The Labute approximate surface area is 109 Å². The number of nitrogens with zero attached hydrogens (tertiary/aromatic N) is 2. The van der Waals surface area contributed by atoms with E-state index in [0.717, 1.165) is 20.7 Å². The van der Waals surface area contributed by atoms with Crippen molar-refractivity contribution in [1.82, 2.24) is 9.97 Å². The van der Waals surface area contributed by atoms with Gasteiger partial charge in [-0.05, 0) is 30.3 Å². The van der Waals surface area contributed by atoms with Crippen LogP contribution in [0, 0.1) is 0 Å². The lowest BCUT2D eigenvalue weighted by Crippen LogP contribution is -1.90. The third-order valence-corrected chi connectivity index (χ3v) is 3.72. The summed E-state index contributed by atoms with van der Waals surface area (Å²) in [4.78, 5) is 10.7. The molecule has 0 aliphatic rings. The minimum atomic E-state index is 0.713. The van der Waals surface area contributed by atoms with Gasteiger partial charge in [0, 0.05) is 33.8 Å². The molecule has 3 rings (SSSR count). The molecule has 4 heteroatoms. The third-order valence-electron chi connectivity index (χ3n) is 2.64. The average Bonchev–Trinajstić information content (AvgIpc) is 2.44. The minimum Gasteiger partial charge on any atom is -0.397 e. The van der Waals surface area contributed by atoms with Gasteiger partial charge in [0.05, 0.1) is 11.2 Å². The first-order chi connectivity index (χ1) is 8.84. The van der Waals surface area contributed by atoms with Crippen LogP contribution in [-0.2, 0) is 0 Å². The largest absolute Gasteiger partial charge is 0.397 e. The summed E-state index contributed by atoms with van der Waals surface area (Å²) in [5, 5.41) is 1.08. The average molecular weight is 253 g/mol. The molecule has 0 atom stereocenters. The van der Waals surface area contributed by atoms with Gasteiger partial charge in [0.25, 0.3) is 0 Å². The van der Waals surface area contributed by atoms with Crippen molar-refractivity contribution in [3.63, 3.8) is 0 Å². The van der Waals surface area contributed by atoms with Gasteiger partial charge in [-0.25, -0.2) is 0 Å². The first kappa shape index (κ1) is 11.0. The summed E-state index contributed by atoms with van der Waals surface area (Å²) >= 11 is 1.69. The maximum Gasteiger partial charge on any atom is 0.0942 e. The van der Waals surface area contributed by atoms with Crippen LogP contribution in [0.15, 0.2) is 64.8 Å². The van der Waals surface area contributed by atoms with Crippen molar-refractivity contribution >= 4 is 28.4 Å². The molecule has 3 aromatic rings. The summed E-state index contributed by atoms with van der Waals surface area (Å²) in [5.74, 6) is 0. The molecule has 88 valence electrons. The number of anilines is 1. The number of rotatable bonds is 2. The zero-order valence-corrected chi connectivity index (χ0v) is 10.4. The highest BCUT2D eigenvalue weighted by Crippen LogP contribution is 2.34. The lowest BCUT2D eigenvalue weighted by molar-refractivity contribution is 1.26. The molecule has 0 aliphatic heterocycles. The van der Waals surface area contributed by atoms with Gasteiger partial charge in [0.15, 0.2) is 0 Å². The van der Waals surface area contributed by atoms with E-state index in [2.05, 4.69) is 9.97 Å². The first-order valence-corrected chi connectivity index (χ1v) is 6.37. The maximum atomic E-state index is 5.94. The predicted molar refractivity (Wildman–Crippen MR) is 74.5 cm³/mol. The summed E-state index contributed by atoms with van der Waals surface area (Å²) in [6, 6.07) is 11.9. The molecular formula is C14H11N3S. The summed E-state index contributed by atoms with van der Waals surface area (Å²) < 4.78 is 0. The fraction of sp³-hybridized carbons (Fsp3) is 0. The topological polar surface area (TPSA) is 51.8 Å². The SMILES string of the molecule is Nc1ccc(Sc2ccncc2)c2cccnc12. The van der Waals surface area contributed by atoms with Crippen molar-refractivity contribution in [2.45, 2.75) is 9.79 Å². The summed E-state index contributed by atoms with van der Waals surface area (Å²) in [6.07, 6.45) is 5.35. The van der Waals surface area contributed by atoms with Gasteiger partial charge in [-0.1, -0.05) is 17.8 Å². The number of hydrogen-bond acceptors (Lipinski definition) is 4. The van der Waals surface area contributed by atoms with E-state index in [9.17, 15) is 0 Å². The van der Waals surface area contributed by atoms with Crippen LogP contribution < -0.4 is 5.73 Å². The Morgan fingerprint density at radius 3 is 2.61 bits per heavy atom. The van der Waals surface area contributed by atoms with Crippen LogP contribution >= 0.6 is 11.8 Å². The molecule has 18 heavy (non-hydrogen) atoms. The van der Waals surface area contributed by atoms with Crippen LogP contribution in [0.3, 0.4) is 0 Å². The third kappa shape index (κ3) is 2.02. The van der Waals surface area contributed by atoms with Crippen LogP contribution in [0.2, 0.25) is 0 Å². The van der Waals surface area contributed by atoms with E-state index in [1.54, 1.807) is 30.4 Å². The molecule has 0 fully saturated rings. The molecule has 1 aromatic carbocycles. The molecule has 2 N–H and O–H groups in total. The van der Waals surface area contributed by atoms with E-state index >= 15 is 0 Å². The van der Waals surface area contributed by atoms with Crippen LogP contribution in [0.1, 0.15) is 0 Å². The lowest BCUT2D eigenvalue weighted by atomic mass is 10.2. The van der Waals surface area contributed by atoms with Gasteiger partial charge >= 0.3 is 0 Å². The fourth-order valence-corrected chi connectivity index (χ4v) is 2.71. The summed E-state index contributed by atoms with van der Waals surface area (Å²) in [7, 11) is 0. The highest BCUT2D eigenvalue weighted by Gasteiger charge is 2.06. The Balaban J connectivity index is 2.10. The number of aromatic nitrogens is 2. The standard InChI is InChI=1S/C14H11N3S/c15-12-3-4-13(11-2-1-7-17-14(11)12)18-10-5-8-16-9-6-10/h1-9H,15H2. The van der Waals surface area contributed by atoms with Crippen molar-refractivity contribution in [2.75, 3.05) is 5.73 Å². The summed E-state index contributed by atoms with van der Waals surface area (Å²) in [6.45, 7) is 0. The van der Waals surface area contributed by atoms with Crippen molar-refractivity contribution in [3.8, 4) is 0 Å². The fourth-order valence-electron chi connectivity index (χ4n) is 1.79.